The van der Waals surface area contributed by atoms with E-state index < -0.39 is 6.10 Å². The summed E-state index contributed by atoms with van der Waals surface area (Å²) in [7, 11) is 0. The van der Waals surface area contributed by atoms with Crippen molar-refractivity contribution in [1.82, 2.24) is 0 Å². The minimum Gasteiger partial charge on any atom is -0.462 e. The summed E-state index contributed by atoms with van der Waals surface area (Å²) in [5, 5.41) is 0. The number of unbranched alkanes of at least 4 members (excludes halogenated alkanes) is 39. The zero-order chi connectivity index (χ0) is 51.9. The lowest BCUT2D eigenvalue weighted by molar-refractivity contribution is -0.167. The van der Waals surface area contributed by atoms with Crippen LogP contribution in [0.3, 0.4) is 0 Å². The Morgan fingerprint density at radius 3 is 0.732 bits per heavy atom. The normalized spacial score (nSPS) is 12.9. The third-order valence-corrected chi connectivity index (χ3v) is 15.6. The topological polar surface area (TPSA) is 78.9 Å². The molecule has 0 aromatic carbocycles. The van der Waals surface area contributed by atoms with Crippen molar-refractivity contribution in [1.29, 1.82) is 0 Å². The van der Waals surface area contributed by atoms with E-state index in [-0.39, 0.29) is 31.1 Å². The lowest BCUT2D eigenvalue weighted by Crippen LogP contribution is -2.30. The largest absolute Gasteiger partial charge is 0.462 e. The van der Waals surface area contributed by atoms with E-state index in [1.54, 1.807) is 0 Å². The molecule has 422 valence electrons. The van der Waals surface area contributed by atoms with E-state index in [4.69, 9.17) is 14.2 Å². The quantitative estimate of drug-likeness (QED) is 0.0343. The Bertz CT molecular complexity index is 1110. The van der Waals surface area contributed by atoms with Crippen molar-refractivity contribution in [2.45, 2.75) is 369 Å². The van der Waals surface area contributed by atoms with Crippen LogP contribution in [0.1, 0.15) is 363 Å². The zero-order valence-electron chi connectivity index (χ0n) is 49.0. The Morgan fingerprint density at radius 1 is 0.282 bits per heavy atom. The van der Waals surface area contributed by atoms with Gasteiger partial charge >= 0.3 is 17.9 Å². The molecule has 0 aliphatic heterocycles. The first kappa shape index (κ1) is 69.4. The minimum absolute atomic E-state index is 0.0628. The van der Waals surface area contributed by atoms with Gasteiger partial charge in [-0.2, -0.15) is 0 Å². The van der Waals surface area contributed by atoms with E-state index in [2.05, 4.69) is 41.5 Å². The number of carbonyl (C=O) groups is 3. The second-order valence-corrected chi connectivity index (χ2v) is 23.4. The molecular formula is C65H126O6. The van der Waals surface area contributed by atoms with Crippen molar-refractivity contribution in [3.8, 4) is 0 Å². The monoisotopic (exact) mass is 1000 g/mol. The van der Waals surface area contributed by atoms with Gasteiger partial charge < -0.3 is 14.2 Å². The summed E-state index contributed by atoms with van der Waals surface area (Å²) in [6.45, 7) is 13.9. The highest BCUT2D eigenvalue weighted by Crippen LogP contribution is 2.20. The molecule has 0 radical (unpaired) electrons. The lowest BCUT2D eigenvalue weighted by Gasteiger charge is -2.18. The van der Waals surface area contributed by atoms with Crippen LogP contribution in [0, 0.1) is 17.8 Å². The molecule has 0 heterocycles. The van der Waals surface area contributed by atoms with Gasteiger partial charge in [-0.3, -0.25) is 14.4 Å². The fourth-order valence-corrected chi connectivity index (χ4v) is 10.00. The average Bonchev–Trinajstić information content (AvgIpc) is 3.36. The van der Waals surface area contributed by atoms with Gasteiger partial charge in [0.05, 0.1) is 0 Å². The van der Waals surface area contributed by atoms with Gasteiger partial charge in [-0.1, -0.05) is 324 Å². The van der Waals surface area contributed by atoms with Crippen molar-refractivity contribution in [2.75, 3.05) is 13.2 Å². The van der Waals surface area contributed by atoms with E-state index in [1.165, 1.54) is 244 Å². The Balaban J connectivity index is 4.26. The molecule has 0 saturated heterocycles. The molecule has 0 saturated carbocycles. The number of esters is 3. The second kappa shape index (κ2) is 56.1. The molecule has 6 heteroatoms. The van der Waals surface area contributed by atoms with E-state index in [1.807, 2.05) is 0 Å². The predicted octanol–water partition coefficient (Wildman–Crippen LogP) is 21.5. The Labute approximate surface area is 444 Å². The summed E-state index contributed by atoms with van der Waals surface area (Å²) in [5.74, 6) is 1.79. The Hall–Kier alpha value is -1.59. The maximum absolute atomic E-state index is 12.9. The first-order chi connectivity index (χ1) is 34.7. The molecule has 0 aromatic heterocycles. The molecule has 0 fully saturated rings. The molecular weight excluding hydrogens is 877 g/mol. The summed E-state index contributed by atoms with van der Waals surface area (Å²) in [6, 6.07) is 0. The first-order valence-corrected chi connectivity index (χ1v) is 32.2. The van der Waals surface area contributed by atoms with Gasteiger partial charge in [0.15, 0.2) is 6.10 Å². The van der Waals surface area contributed by atoms with Gasteiger partial charge in [0.25, 0.3) is 0 Å². The fourth-order valence-electron chi connectivity index (χ4n) is 10.00. The van der Waals surface area contributed by atoms with E-state index in [9.17, 15) is 14.4 Å². The highest BCUT2D eigenvalue weighted by Gasteiger charge is 2.19. The molecule has 0 rings (SSSR count). The number of hydrogen-bond acceptors (Lipinski definition) is 6. The standard InChI is InChI=1S/C65H126O6/c1-7-60(5)52-46-40-34-28-22-18-15-16-20-24-31-37-43-49-55-64(67)70-58-62(71-65(68)56-50-44-38-32-26-25-29-35-41-47-53-61(6)8-2)57-69-63(66)54-48-42-36-30-23-19-14-12-10-9-11-13-17-21-27-33-39-45-51-59(3)4/h59-62H,7-58H2,1-6H3/t60?,61?,62-/m1/s1. The number of ether oxygens (including phenoxy) is 3. The highest BCUT2D eigenvalue weighted by atomic mass is 16.6. The van der Waals surface area contributed by atoms with Crippen LogP contribution < -0.4 is 0 Å². The molecule has 0 bridgehead atoms. The van der Waals surface area contributed by atoms with Crippen LogP contribution in [0.25, 0.3) is 0 Å². The first-order valence-electron chi connectivity index (χ1n) is 32.2. The average molecular weight is 1000 g/mol. The van der Waals surface area contributed by atoms with Crippen molar-refractivity contribution >= 4 is 17.9 Å². The van der Waals surface area contributed by atoms with Crippen LogP contribution in [0.2, 0.25) is 0 Å². The molecule has 0 spiro atoms. The van der Waals surface area contributed by atoms with E-state index in [0.29, 0.717) is 19.3 Å². The zero-order valence-corrected chi connectivity index (χ0v) is 49.0. The van der Waals surface area contributed by atoms with Gasteiger partial charge in [0.2, 0.25) is 0 Å². The van der Waals surface area contributed by atoms with Gasteiger partial charge in [0, 0.05) is 19.3 Å². The van der Waals surface area contributed by atoms with Crippen molar-refractivity contribution in [3.63, 3.8) is 0 Å². The molecule has 0 N–H and O–H groups in total. The second-order valence-electron chi connectivity index (χ2n) is 23.4. The van der Waals surface area contributed by atoms with Crippen molar-refractivity contribution < 1.29 is 28.6 Å². The minimum atomic E-state index is -0.765. The van der Waals surface area contributed by atoms with Crippen LogP contribution in [0.4, 0.5) is 0 Å². The summed E-state index contributed by atoms with van der Waals surface area (Å²) < 4.78 is 17.0. The fraction of sp³-hybridized carbons (Fsp3) is 0.954. The number of hydrogen-bond donors (Lipinski definition) is 0. The molecule has 0 aliphatic rings. The number of carbonyl (C=O) groups excluding carboxylic acids is 3. The molecule has 0 aromatic rings. The van der Waals surface area contributed by atoms with Crippen LogP contribution >= 0.6 is 0 Å². The third-order valence-electron chi connectivity index (χ3n) is 15.6. The Morgan fingerprint density at radius 2 is 0.493 bits per heavy atom. The van der Waals surface area contributed by atoms with Gasteiger partial charge in [-0.25, -0.2) is 0 Å². The lowest BCUT2D eigenvalue weighted by atomic mass is 9.99. The summed E-state index contributed by atoms with van der Waals surface area (Å²) >= 11 is 0. The molecule has 0 amide bonds. The van der Waals surface area contributed by atoms with Crippen LogP contribution in [-0.2, 0) is 28.6 Å². The summed E-state index contributed by atoms with van der Waals surface area (Å²) in [5.41, 5.74) is 0. The van der Waals surface area contributed by atoms with Gasteiger partial charge in [-0.05, 0) is 37.0 Å². The maximum atomic E-state index is 12.9. The van der Waals surface area contributed by atoms with Crippen molar-refractivity contribution in [3.05, 3.63) is 0 Å². The number of rotatable bonds is 58. The third kappa shape index (κ3) is 56.0. The molecule has 6 nitrogen and oxygen atoms in total. The molecule has 71 heavy (non-hydrogen) atoms. The van der Waals surface area contributed by atoms with E-state index in [0.717, 1.165) is 75.5 Å². The summed E-state index contributed by atoms with van der Waals surface area (Å²) in [4.78, 5) is 38.3. The summed E-state index contributed by atoms with van der Waals surface area (Å²) in [6.07, 6.45) is 60.9. The smallest absolute Gasteiger partial charge is 0.306 e. The van der Waals surface area contributed by atoms with Gasteiger partial charge in [-0.15, -0.1) is 0 Å². The Kier molecular flexibility index (Phi) is 54.9. The van der Waals surface area contributed by atoms with Gasteiger partial charge in [0.1, 0.15) is 13.2 Å². The predicted molar refractivity (Wildman–Crippen MR) is 307 cm³/mol. The molecule has 3 atom stereocenters. The molecule has 0 aliphatic carbocycles. The van der Waals surface area contributed by atoms with E-state index >= 15 is 0 Å². The maximum Gasteiger partial charge on any atom is 0.306 e. The van der Waals surface area contributed by atoms with Crippen molar-refractivity contribution in [2.24, 2.45) is 17.8 Å². The van der Waals surface area contributed by atoms with Crippen LogP contribution in [0.5, 0.6) is 0 Å². The van der Waals surface area contributed by atoms with Crippen LogP contribution in [0.15, 0.2) is 0 Å². The SMILES string of the molecule is CCC(C)CCCCCCCCCCCCCCCCC(=O)OC[C@@H](COC(=O)CCCCCCCCCCCCCCCCCCCCC(C)C)OC(=O)CCCCCCCCCCCCC(C)CC. The highest BCUT2D eigenvalue weighted by molar-refractivity contribution is 5.71. The van der Waals surface area contributed by atoms with Crippen LogP contribution in [-0.4, -0.2) is 37.2 Å². The molecule has 2 unspecified atom stereocenters.